The summed E-state index contributed by atoms with van der Waals surface area (Å²) in [5.74, 6) is 0.275. The van der Waals surface area contributed by atoms with Gasteiger partial charge in [-0.15, -0.1) is 0 Å². The predicted molar refractivity (Wildman–Crippen MR) is 157 cm³/mol. The van der Waals surface area contributed by atoms with Crippen molar-refractivity contribution >= 4 is 38.4 Å². The van der Waals surface area contributed by atoms with Crippen LogP contribution in [0.15, 0.2) is 48.8 Å². The molecule has 0 fully saturated rings. The molecule has 1 amide bonds. The normalized spacial score (nSPS) is 11.6. The van der Waals surface area contributed by atoms with Crippen LogP contribution in [0.3, 0.4) is 0 Å². The van der Waals surface area contributed by atoms with Gasteiger partial charge in [0.2, 0.25) is 15.9 Å². The SMILES string of the molecule is Cc1ccncc1-c1cccc2c(CCCOc3cc(C)c(Cl)c(C)c3)c(C)n(CCC(=O)NS(C)(=O)=O)c12. The number of amides is 1. The minimum atomic E-state index is -3.62. The van der Waals surface area contributed by atoms with Crippen LogP contribution in [0.5, 0.6) is 5.75 Å². The van der Waals surface area contributed by atoms with E-state index in [0.717, 1.165) is 74.3 Å². The quantitative estimate of drug-likeness (QED) is 0.235. The summed E-state index contributed by atoms with van der Waals surface area (Å²) >= 11 is 6.29. The van der Waals surface area contributed by atoms with Crippen molar-refractivity contribution in [3.05, 3.63) is 81.8 Å². The first kappa shape index (κ1) is 28.6. The first-order chi connectivity index (χ1) is 18.5. The summed E-state index contributed by atoms with van der Waals surface area (Å²) in [6.07, 6.45) is 6.23. The van der Waals surface area contributed by atoms with Gasteiger partial charge in [0.25, 0.3) is 0 Å². The lowest BCUT2D eigenvalue weighted by atomic mass is 9.98. The molecule has 2 aromatic carbocycles. The average molecular weight is 568 g/mol. The Balaban J connectivity index is 1.65. The highest BCUT2D eigenvalue weighted by Crippen LogP contribution is 2.36. The number of hydrogen-bond donors (Lipinski definition) is 1. The molecule has 2 aromatic heterocycles. The van der Waals surface area contributed by atoms with Crippen molar-refractivity contribution < 1.29 is 17.9 Å². The van der Waals surface area contributed by atoms with Crippen LogP contribution in [-0.4, -0.2) is 36.7 Å². The van der Waals surface area contributed by atoms with Crippen molar-refractivity contribution in [2.45, 2.75) is 53.5 Å². The van der Waals surface area contributed by atoms with Crippen LogP contribution in [0.25, 0.3) is 22.0 Å². The zero-order valence-electron chi connectivity index (χ0n) is 23.0. The summed E-state index contributed by atoms with van der Waals surface area (Å²) in [6, 6.07) is 12.1. The number of aromatic nitrogens is 2. The molecule has 0 aliphatic heterocycles. The highest BCUT2D eigenvalue weighted by Gasteiger charge is 2.19. The van der Waals surface area contributed by atoms with E-state index in [9.17, 15) is 13.2 Å². The highest BCUT2D eigenvalue weighted by atomic mass is 35.5. The van der Waals surface area contributed by atoms with Crippen LogP contribution in [0.1, 0.15) is 40.8 Å². The maximum Gasteiger partial charge on any atom is 0.235 e. The molecular formula is C30H34ClN3O4S. The lowest BCUT2D eigenvalue weighted by molar-refractivity contribution is -0.119. The number of aryl methyl sites for hydroxylation is 5. The lowest BCUT2D eigenvalue weighted by Gasteiger charge is -2.13. The third-order valence-corrected chi connectivity index (χ3v) is 8.11. The van der Waals surface area contributed by atoms with Gasteiger partial charge in [0.15, 0.2) is 0 Å². The number of carbonyl (C=O) groups is 1. The average Bonchev–Trinajstić information content (AvgIpc) is 3.13. The molecule has 9 heteroatoms. The Bertz CT molecular complexity index is 1620. The summed E-state index contributed by atoms with van der Waals surface area (Å²) < 4.78 is 33.4. The number of sulfonamides is 1. The van der Waals surface area contributed by atoms with Gasteiger partial charge in [0.1, 0.15) is 5.75 Å². The monoisotopic (exact) mass is 567 g/mol. The predicted octanol–water partition coefficient (Wildman–Crippen LogP) is 6.07. The van der Waals surface area contributed by atoms with E-state index in [-0.39, 0.29) is 6.42 Å². The molecule has 7 nitrogen and oxygen atoms in total. The smallest absolute Gasteiger partial charge is 0.235 e. The maximum atomic E-state index is 12.4. The Kier molecular flexibility index (Phi) is 8.67. The van der Waals surface area contributed by atoms with E-state index in [0.29, 0.717) is 13.2 Å². The first-order valence-electron chi connectivity index (χ1n) is 12.9. The minimum absolute atomic E-state index is 0.0376. The molecule has 4 aromatic rings. The number of carbonyl (C=O) groups excluding carboxylic acids is 1. The highest BCUT2D eigenvalue weighted by molar-refractivity contribution is 7.89. The zero-order valence-corrected chi connectivity index (χ0v) is 24.5. The van der Waals surface area contributed by atoms with E-state index in [1.165, 1.54) is 5.56 Å². The molecule has 0 aliphatic rings. The Labute approximate surface area is 235 Å². The zero-order chi connectivity index (χ0) is 28.3. The number of ether oxygens (including phenoxy) is 1. The molecule has 0 aliphatic carbocycles. The van der Waals surface area contributed by atoms with Gasteiger partial charge in [0.05, 0.1) is 18.4 Å². The van der Waals surface area contributed by atoms with E-state index in [4.69, 9.17) is 16.3 Å². The number of fused-ring (bicyclic) bond motifs is 1. The van der Waals surface area contributed by atoms with Gasteiger partial charge in [-0.25, -0.2) is 8.42 Å². The van der Waals surface area contributed by atoms with Gasteiger partial charge in [-0.3, -0.25) is 14.5 Å². The van der Waals surface area contributed by atoms with Crippen LogP contribution in [0.4, 0.5) is 0 Å². The molecule has 206 valence electrons. The van der Waals surface area contributed by atoms with E-state index < -0.39 is 15.9 Å². The second kappa shape index (κ2) is 11.8. The molecule has 4 rings (SSSR count). The molecule has 2 heterocycles. The Hall–Kier alpha value is -3.36. The Morgan fingerprint density at radius 3 is 2.44 bits per heavy atom. The van der Waals surface area contributed by atoms with Gasteiger partial charge < -0.3 is 9.30 Å². The van der Waals surface area contributed by atoms with E-state index in [2.05, 4.69) is 33.3 Å². The second-order valence-corrected chi connectivity index (χ2v) is 12.1. The number of benzene rings is 2. The van der Waals surface area contributed by atoms with E-state index in [1.54, 1.807) is 6.20 Å². The third-order valence-electron chi connectivity index (χ3n) is 6.91. The summed E-state index contributed by atoms with van der Waals surface area (Å²) in [6.45, 7) is 8.94. The van der Waals surface area contributed by atoms with Gasteiger partial charge in [-0.1, -0.05) is 29.8 Å². The number of nitrogens with zero attached hydrogens (tertiary/aromatic N) is 2. The second-order valence-electron chi connectivity index (χ2n) is 9.98. The van der Waals surface area contributed by atoms with Gasteiger partial charge in [-0.2, -0.15) is 0 Å². The molecule has 0 bridgehead atoms. The molecule has 0 saturated heterocycles. The van der Waals surface area contributed by atoms with Crippen LogP contribution in [-0.2, 0) is 27.8 Å². The Morgan fingerprint density at radius 1 is 1.05 bits per heavy atom. The van der Waals surface area contributed by atoms with E-state index >= 15 is 0 Å². The number of para-hydroxylation sites is 1. The van der Waals surface area contributed by atoms with Gasteiger partial charge in [0, 0.05) is 52.6 Å². The van der Waals surface area contributed by atoms with Crippen molar-refractivity contribution in [2.24, 2.45) is 0 Å². The molecule has 39 heavy (non-hydrogen) atoms. The van der Waals surface area contributed by atoms with Gasteiger partial charge in [-0.05, 0) is 81.0 Å². The topological polar surface area (TPSA) is 90.3 Å². The van der Waals surface area contributed by atoms with Crippen molar-refractivity contribution in [1.82, 2.24) is 14.3 Å². The largest absolute Gasteiger partial charge is 0.494 e. The molecule has 0 radical (unpaired) electrons. The van der Waals surface area contributed by atoms with Crippen molar-refractivity contribution in [3.63, 3.8) is 0 Å². The maximum absolute atomic E-state index is 12.4. The molecular weight excluding hydrogens is 534 g/mol. The standard InChI is InChI=1S/C30H34ClN3O4S/c1-19-11-13-32-18-27(19)26-9-6-8-25-24(10-7-15-38-23-16-20(2)29(31)21(3)17-23)22(4)34(30(25)26)14-12-28(35)33-39(5,36)37/h6,8-9,11,13,16-18H,7,10,12,14-15H2,1-5H3,(H,33,35). The first-order valence-corrected chi connectivity index (χ1v) is 15.1. The fourth-order valence-electron chi connectivity index (χ4n) is 5.06. The number of rotatable bonds is 10. The fourth-order valence-corrected chi connectivity index (χ4v) is 5.69. The molecule has 1 N–H and O–H groups in total. The van der Waals surface area contributed by atoms with Crippen LogP contribution in [0.2, 0.25) is 5.02 Å². The Morgan fingerprint density at radius 2 is 1.77 bits per heavy atom. The molecule has 0 saturated carbocycles. The number of pyridine rings is 1. The number of hydrogen-bond acceptors (Lipinski definition) is 5. The third kappa shape index (κ3) is 6.62. The molecule has 0 unspecified atom stereocenters. The van der Waals surface area contributed by atoms with Crippen LogP contribution < -0.4 is 9.46 Å². The van der Waals surface area contributed by atoms with Crippen molar-refractivity contribution in [2.75, 3.05) is 12.9 Å². The summed E-state index contributed by atoms with van der Waals surface area (Å²) in [4.78, 5) is 16.7. The van der Waals surface area contributed by atoms with Gasteiger partial charge >= 0.3 is 0 Å². The fraction of sp³-hybridized carbons (Fsp3) is 0.333. The number of halogens is 1. The molecule has 0 spiro atoms. The van der Waals surface area contributed by atoms with Crippen molar-refractivity contribution in [3.8, 4) is 16.9 Å². The summed E-state index contributed by atoms with van der Waals surface area (Å²) in [7, 11) is -3.62. The summed E-state index contributed by atoms with van der Waals surface area (Å²) in [5, 5.41) is 1.87. The number of nitrogens with one attached hydrogen (secondary N) is 1. The van der Waals surface area contributed by atoms with Crippen LogP contribution >= 0.6 is 11.6 Å². The van der Waals surface area contributed by atoms with Crippen LogP contribution in [0, 0.1) is 27.7 Å². The summed E-state index contributed by atoms with van der Waals surface area (Å²) in [5.41, 5.74) is 8.37. The van der Waals surface area contributed by atoms with E-state index in [1.807, 2.05) is 51.2 Å². The van der Waals surface area contributed by atoms with Crippen molar-refractivity contribution in [1.29, 1.82) is 0 Å². The minimum Gasteiger partial charge on any atom is -0.494 e. The molecule has 0 atom stereocenters. The lowest BCUT2D eigenvalue weighted by Crippen LogP contribution is -2.30.